The topological polar surface area (TPSA) is 41.5 Å². The number of nitrogens with one attached hydrogen (secondary N) is 1. The van der Waals surface area contributed by atoms with Gasteiger partial charge in [-0.05, 0) is 43.1 Å². The average molecular weight is 388 g/mol. The van der Waals surface area contributed by atoms with Gasteiger partial charge in [0, 0.05) is 16.7 Å². The van der Waals surface area contributed by atoms with Gasteiger partial charge in [-0.1, -0.05) is 46.0 Å². The van der Waals surface area contributed by atoms with Crippen molar-refractivity contribution in [2.75, 3.05) is 19.7 Å². The molecule has 1 aliphatic rings. The molecule has 1 unspecified atom stereocenters. The largest absolute Gasteiger partial charge is 0.491 e. The third kappa shape index (κ3) is 9.74. The second-order valence-electron chi connectivity index (χ2n) is 7.10. The third-order valence-corrected chi connectivity index (χ3v) is 5.49. The summed E-state index contributed by atoms with van der Waals surface area (Å²) in [6.07, 6.45) is 7.77. The van der Waals surface area contributed by atoms with E-state index in [0.29, 0.717) is 18.4 Å². The Balaban J connectivity index is 0.00000312. The molecule has 2 N–H and O–H groups in total. The summed E-state index contributed by atoms with van der Waals surface area (Å²) in [7, 11) is 0. The van der Waals surface area contributed by atoms with E-state index in [0.717, 1.165) is 18.2 Å². The Kier molecular flexibility index (Phi) is 11.6. The van der Waals surface area contributed by atoms with Crippen LogP contribution < -0.4 is 10.1 Å². The Labute approximate surface area is 163 Å². The predicted molar refractivity (Wildman–Crippen MR) is 110 cm³/mol. The second-order valence-corrected chi connectivity index (χ2v) is 8.75. The van der Waals surface area contributed by atoms with Crippen LogP contribution in [-0.4, -0.2) is 36.2 Å². The van der Waals surface area contributed by atoms with Crippen LogP contribution in [0.1, 0.15) is 52.4 Å². The van der Waals surface area contributed by atoms with Crippen LogP contribution in [0.15, 0.2) is 29.2 Å². The predicted octanol–water partition coefficient (Wildman–Crippen LogP) is 4.91. The third-order valence-electron chi connectivity index (χ3n) is 4.47. The van der Waals surface area contributed by atoms with E-state index in [9.17, 15) is 5.11 Å². The van der Waals surface area contributed by atoms with Crippen molar-refractivity contribution in [1.29, 1.82) is 0 Å². The smallest absolute Gasteiger partial charge is 0.119 e. The van der Waals surface area contributed by atoms with E-state index in [1.165, 1.54) is 43.4 Å². The molecule has 0 spiro atoms. The van der Waals surface area contributed by atoms with Gasteiger partial charge >= 0.3 is 0 Å². The van der Waals surface area contributed by atoms with E-state index < -0.39 is 6.10 Å². The van der Waals surface area contributed by atoms with E-state index in [1.807, 2.05) is 23.9 Å². The van der Waals surface area contributed by atoms with Gasteiger partial charge in [-0.25, -0.2) is 0 Å². The van der Waals surface area contributed by atoms with Gasteiger partial charge in [-0.3, -0.25) is 0 Å². The van der Waals surface area contributed by atoms with Crippen LogP contribution in [0.3, 0.4) is 0 Å². The summed E-state index contributed by atoms with van der Waals surface area (Å²) < 4.78 is 5.68. The molecule has 1 aliphatic carbocycles. The van der Waals surface area contributed by atoms with E-state index in [4.69, 9.17) is 4.74 Å². The summed E-state index contributed by atoms with van der Waals surface area (Å²) in [5.74, 6) is 1.71. The summed E-state index contributed by atoms with van der Waals surface area (Å²) in [6, 6.07) is 8.12. The number of hydrogen-bond donors (Lipinski definition) is 2. The van der Waals surface area contributed by atoms with Crippen molar-refractivity contribution in [1.82, 2.24) is 5.32 Å². The number of benzene rings is 1. The van der Waals surface area contributed by atoms with Gasteiger partial charge in [0.15, 0.2) is 0 Å². The Hall–Kier alpha value is -0.420. The Morgan fingerprint density at radius 1 is 1.16 bits per heavy atom. The molecule has 0 bridgehead atoms. The lowest BCUT2D eigenvalue weighted by Crippen LogP contribution is -2.32. The molecule has 0 amide bonds. The summed E-state index contributed by atoms with van der Waals surface area (Å²) in [4.78, 5) is 1.25. The normalized spacial score (nSPS) is 16.5. The second kappa shape index (κ2) is 12.9. The highest BCUT2D eigenvalue weighted by Gasteiger charge is 2.13. The molecular formula is C20H34ClNO2S. The van der Waals surface area contributed by atoms with Crippen LogP contribution in [0.25, 0.3) is 0 Å². The van der Waals surface area contributed by atoms with Gasteiger partial charge in [0.2, 0.25) is 0 Å². The molecule has 1 atom stereocenters. The Morgan fingerprint density at radius 2 is 1.84 bits per heavy atom. The Bertz CT molecular complexity index is 450. The van der Waals surface area contributed by atoms with Gasteiger partial charge in [-0.15, -0.1) is 24.2 Å². The number of halogens is 1. The molecule has 0 heterocycles. The minimum Gasteiger partial charge on any atom is -0.491 e. The van der Waals surface area contributed by atoms with Crippen molar-refractivity contribution in [3.63, 3.8) is 0 Å². The van der Waals surface area contributed by atoms with Crippen molar-refractivity contribution in [3.05, 3.63) is 24.3 Å². The monoisotopic (exact) mass is 387 g/mol. The molecule has 25 heavy (non-hydrogen) atoms. The summed E-state index contributed by atoms with van der Waals surface area (Å²) >= 11 is 1.84. The van der Waals surface area contributed by atoms with Crippen molar-refractivity contribution in [2.24, 2.45) is 5.92 Å². The van der Waals surface area contributed by atoms with Gasteiger partial charge in [0.05, 0.1) is 0 Å². The first kappa shape index (κ1) is 22.6. The summed E-state index contributed by atoms with van der Waals surface area (Å²) in [5.41, 5.74) is 0. The minimum absolute atomic E-state index is 0. The van der Waals surface area contributed by atoms with Crippen LogP contribution in [-0.2, 0) is 0 Å². The highest BCUT2D eigenvalue weighted by Crippen LogP contribution is 2.26. The number of aliphatic hydroxyl groups is 1. The summed E-state index contributed by atoms with van der Waals surface area (Å²) in [6.45, 7) is 6.32. The van der Waals surface area contributed by atoms with Crippen molar-refractivity contribution >= 4 is 24.2 Å². The molecule has 2 rings (SSSR count). The SMILES string of the molecule is CC(C)Sc1ccc(OCC(O)CNCCC2CCCCC2)cc1.Cl. The molecule has 5 heteroatoms. The number of thioether (sulfide) groups is 1. The van der Waals surface area contributed by atoms with Gasteiger partial charge < -0.3 is 15.2 Å². The van der Waals surface area contributed by atoms with E-state index in [-0.39, 0.29) is 12.4 Å². The fourth-order valence-corrected chi connectivity index (χ4v) is 4.03. The molecule has 1 aromatic carbocycles. The van der Waals surface area contributed by atoms with E-state index >= 15 is 0 Å². The molecule has 1 aromatic rings. The highest BCUT2D eigenvalue weighted by molar-refractivity contribution is 7.99. The lowest BCUT2D eigenvalue weighted by molar-refractivity contribution is 0.106. The van der Waals surface area contributed by atoms with Gasteiger partial charge in [-0.2, -0.15) is 0 Å². The van der Waals surface area contributed by atoms with Crippen LogP contribution in [0.4, 0.5) is 0 Å². The number of rotatable bonds is 10. The van der Waals surface area contributed by atoms with Crippen molar-refractivity contribution in [2.45, 2.75) is 68.6 Å². The van der Waals surface area contributed by atoms with Gasteiger partial charge in [0.25, 0.3) is 0 Å². The molecule has 0 aromatic heterocycles. The fourth-order valence-electron chi connectivity index (χ4n) is 3.19. The van der Waals surface area contributed by atoms with Gasteiger partial charge in [0.1, 0.15) is 18.5 Å². The zero-order valence-electron chi connectivity index (χ0n) is 15.6. The molecule has 0 radical (unpaired) electrons. The maximum Gasteiger partial charge on any atom is 0.119 e. The highest BCUT2D eigenvalue weighted by atomic mass is 35.5. The summed E-state index contributed by atoms with van der Waals surface area (Å²) in [5, 5.41) is 14.0. The average Bonchev–Trinajstić information content (AvgIpc) is 2.58. The zero-order chi connectivity index (χ0) is 17.2. The number of ether oxygens (including phenoxy) is 1. The van der Waals surface area contributed by atoms with Crippen LogP contribution in [0.5, 0.6) is 5.75 Å². The van der Waals surface area contributed by atoms with E-state index in [2.05, 4.69) is 31.3 Å². The molecule has 0 aliphatic heterocycles. The first-order valence-corrected chi connectivity index (χ1v) is 10.3. The molecule has 1 saturated carbocycles. The first-order valence-electron chi connectivity index (χ1n) is 9.42. The maximum absolute atomic E-state index is 10.0. The minimum atomic E-state index is -0.457. The number of hydrogen-bond acceptors (Lipinski definition) is 4. The quantitative estimate of drug-likeness (QED) is 0.442. The molecule has 3 nitrogen and oxygen atoms in total. The van der Waals surface area contributed by atoms with E-state index in [1.54, 1.807) is 0 Å². The zero-order valence-corrected chi connectivity index (χ0v) is 17.2. The molecular weight excluding hydrogens is 354 g/mol. The lowest BCUT2D eigenvalue weighted by Gasteiger charge is -2.21. The van der Waals surface area contributed by atoms with Crippen LogP contribution in [0.2, 0.25) is 0 Å². The fraction of sp³-hybridized carbons (Fsp3) is 0.700. The standard InChI is InChI=1S/C20H33NO2S.ClH/c1-16(2)24-20-10-8-19(9-11-20)23-15-18(22)14-21-13-12-17-6-4-3-5-7-17;/h8-11,16-18,21-22H,3-7,12-15H2,1-2H3;1H. The molecule has 1 fully saturated rings. The first-order chi connectivity index (χ1) is 11.6. The van der Waals surface area contributed by atoms with Crippen molar-refractivity contribution in [3.8, 4) is 5.75 Å². The van der Waals surface area contributed by atoms with Crippen LogP contribution >= 0.6 is 24.2 Å². The molecule has 144 valence electrons. The van der Waals surface area contributed by atoms with Crippen molar-refractivity contribution < 1.29 is 9.84 Å². The van der Waals surface area contributed by atoms with Crippen LogP contribution in [0, 0.1) is 5.92 Å². The lowest BCUT2D eigenvalue weighted by atomic mass is 9.87. The molecule has 0 saturated heterocycles. The number of aliphatic hydroxyl groups excluding tert-OH is 1. The maximum atomic E-state index is 10.0. The Morgan fingerprint density at radius 3 is 2.48 bits per heavy atom.